The third-order valence-corrected chi connectivity index (χ3v) is 10.3. The lowest BCUT2D eigenvalue weighted by molar-refractivity contribution is -0.660. The van der Waals surface area contributed by atoms with E-state index in [1.54, 1.807) is 10.6 Å². The van der Waals surface area contributed by atoms with E-state index in [0.29, 0.717) is 28.0 Å². The fraction of sp³-hybridized carbons (Fsp3) is 0.250. The van der Waals surface area contributed by atoms with E-state index in [-0.39, 0.29) is 6.17 Å². The fourth-order valence-corrected chi connectivity index (χ4v) is 7.15. The van der Waals surface area contributed by atoms with Crippen molar-refractivity contribution in [1.82, 2.24) is 0 Å². The highest BCUT2D eigenvalue weighted by atomic mass is 28.3. The Morgan fingerprint density at radius 2 is 1.50 bits per heavy atom. The SMILES string of the molecule is [2H]c1cc(C([2H])([2H])C(C)(C)C)cc(-c2c(C)ccc3c2oc2c(-c4ccc(-c5cccc([Si](C)(C)C)c5)cc4)c(C#N)ccc23)[n+]1C. The minimum atomic E-state index is -1.67. The van der Waals surface area contributed by atoms with Crippen LogP contribution < -0.4 is 9.75 Å². The highest BCUT2D eigenvalue weighted by Gasteiger charge is 2.24. The van der Waals surface area contributed by atoms with Gasteiger partial charge in [-0.2, -0.15) is 5.26 Å². The van der Waals surface area contributed by atoms with Crippen LogP contribution in [0.2, 0.25) is 19.6 Å². The summed E-state index contributed by atoms with van der Waals surface area (Å²) >= 11 is 0. The van der Waals surface area contributed by atoms with Crippen molar-refractivity contribution in [2.75, 3.05) is 0 Å². The Kier molecular flexibility index (Phi) is 6.44. The lowest BCUT2D eigenvalue weighted by atomic mass is 9.87. The Labute approximate surface area is 266 Å². The van der Waals surface area contributed by atoms with Gasteiger partial charge in [0.15, 0.2) is 6.17 Å². The molecule has 0 spiro atoms. The van der Waals surface area contributed by atoms with E-state index in [9.17, 15) is 5.26 Å². The van der Waals surface area contributed by atoms with Gasteiger partial charge in [0.25, 0.3) is 0 Å². The van der Waals surface area contributed by atoms with Crippen LogP contribution in [-0.2, 0) is 13.4 Å². The van der Waals surface area contributed by atoms with Crippen molar-refractivity contribution in [2.45, 2.75) is 53.7 Å². The molecule has 0 saturated heterocycles. The Hall–Kier alpha value is -4.46. The minimum Gasteiger partial charge on any atom is -0.454 e. The summed E-state index contributed by atoms with van der Waals surface area (Å²) < 4.78 is 35.2. The quantitative estimate of drug-likeness (QED) is 0.147. The lowest BCUT2D eigenvalue weighted by Gasteiger charge is -2.18. The first-order valence-electron chi connectivity index (χ1n) is 16.6. The Balaban J connectivity index is 1.56. The number of aromatic nitrogens is 1. The standard InChI is InChI=1S/C40H41N2OSi/c1-26-12-18-33-34-19-17-31(25-41)37(29-15-13-28(14-16-29)30-10-9-11-32(23-30)44(6,7)8)39(34)43-38(33)36(26)35-22-27(20-21-42(35)5)24-40(2,3)4/h9-23H,24H2,1-8H3/q+1/i21D,24D2. The number of aryl methyl sites for hydroxylation is 1. The molecular weight excluding hydrogens is 553 g/mol. The first-order chi connectivity index (χ1) is 22.0. The van der Waals surface area contributed by atoms with Gasteiger partial charge >= 0.3 is 0 Å². The lowest BCUT2D eigenvalue weighted by Crippen LogP contribution is -2.37. The van der Waals surface area contributed by atoms with E-state index >= 15 is 0 Å². The molecule has 220 valence electrons. The van der Waals surface area contributed by atoms with E-state index in [1.807, 2.05) is 65.1 Å². The minimum absolute atomic E-state index is 0.209. The number of nitrogens with zero attached hydrogens (tertiary/aromatic N) is 2. The molecule has 0 aliphatic carbocycles. The second-order valence-electron chi connectivity index (χ2n) is 13.8. The molecule has 4 aromatic carbocycles. The van der Waals surface area contributed by atoms with Crippen LogP contribution in [-0.4, -0.2) is 8.07 Å². The van der Waals surface area contributed by atoms with Crippen molar-refractivity contribution < 1.29 is 13.1 Å². The Morgan fingerprint density at radius 3 is 2.16 bits per heavy atom. The molecule has 0 amide bonds. The van der Waals surface area contributed by atoms with Gasteiger partial charge in [-0.3, -0.25) is 0 Å². The molecule has 3 nitrogen and oxygen atoms in total. The number of hydrogen-bond acceptors (Lipinski definition) is 2. The normalized spacial score (nSPS) is 13.5. The van der Waals surface area contributed by atoms with Gasteiger partial charge in [0.2, 0.25) is 5.69 Å². The van der Waals surface area contributed by atoms with Gasteiger partial charge in [-0.05, 0) is 58.7 Å². The monoisotopic (exact) mass is 596 g/mol. The number of fused-ring (bicyclic) bond motifs is 3. The van der Waals surface area contributed by atoms with Gasteiger partial charge in [-0.15, -0.1) is 0 Å². The average molecular weight is 597 g/mol. The summed E-state index contributed by atoms with van der Waals surface area (Å²) in [4.78, 5) is 0. The number of pyridine rings is 1. The molecule has 44 heavy (non-hydrogen) atoms. The third-order valence-electron chi connectivity index (χ3n) is 8.22. The van der Waals surface area contributed by atoms with Gasteiger partial charge in [0.05, 0.1) is 25.3 Å². The second-order valence-corrected chi connectivity index (χ2v) is 18.9. The van der Waals surface area contributed by atoms with Crippen LogP contribution in [0.4, 0.5) is 0 Å². The molecule has 0 aliphatic rings. The third kappa shape index (κ3) is 5.49. The molecule has 4 heteroatoms. The molecular formula is C40H41N2OSi+. The average Bonchev–Trinajstić information content (AvgIpc) is 3.39. The van der Waals surface area contributed by atoms with E-state index in [2.05, 4.69) is 74.2 Å². The van der Waals surface area contributed by atoms with Crippen LogP contribution in [0.25, 0.3) is 55.4 Å². The summed E-state index contributed by atoms with van der Waals surface area (Å²) in [6, 6.07) is 30.9. The summed E-state index contributed by atoms with van der Waals surface area (Å²) in [6.07, 6.45) is -1.46. The summed E-state index contributed by atoms with van der Waals surface area (Å²) in [5.41, 5.74) is 8.01. The highest BCUT2D eigenvalue weighted by molar-refractivity contribution is 6.88. The van der Waals surface area contributed by atoms with E-state index in [4.69, 9.17) is 8.53 Å². The maximum atomic E-state index is 10.2. The predicted molar refractivity (Wildman–Crippen MR) is 187 cm³/mol. The molecule has 0 N–H and O–H groups in total. The van der Waals surface area contributed by atoms with Crippen molar-refractivity contribution in [3.05, 3.63) is 108 Å². The fourth-order valence-electron chi connectivity index (χ4n) is 5.96. The number of hydrogen-bond donors (Lipinski definition) is 0. The Morgan fingerprint density at radius 1 is 0.841 bits per heavy atom. The summed E-state index contributed by atoms with van der Waals surface area (Å²) in [7, 11) is 0.368. The van der Waals surface area contributed by atoms with Gasteiger partial charge in [0, 0.05) is 31.2 Å². The van der Waals surface area contributed by atoms with Crippen LogP contribution in [0.5, 0.6) is 0 Å². The maximum absolute atomic E-state index is 10.2. The van der Waals surface area contributed by atoms with Crippen LogP contribution in [0.1, 0.15) is 41.6 Å². The molecule has 0 atom stereocenters. The van der Waals surface area contributed by atoms with Crippen LogP contribution in [0.3, 0.4) is 0 Å². The zero-order valence-corrected chi connectivity index (χ0v) is 27.9. The molecule has 2 heterocycles. The molecule has 6 rings (SSSR count). The molecule has 0 radical (unpaired) electrons. The van der Waals surface area contributed by atoms with E-state index in [0.717, 1.165) is 38.6 Å². The first kappa shape index (κ1) is 26.0. The maximum Gasteiger partial charge on any atom is 0.216 e. The first-order valence-corrected chi connectivity index (χ1v) is 18.6. The van der Waals surface area contributed by atoms with Gasteiger partial charge in [-0.25, -0.2) is 4.57 Å². The van der Waals surface area contributed by atoms with E-state index in [1.165, 1.54) is 10.8 Å². The summed E-state index contributed by atoms with van der Waals surface area (Å²) in [5, 5.41) is 13.4. The van der Waals surface area contributed by atoms with Gasteiger partial charge in [-0.1, -0.05) is 106 Å². The molecule has 2 aromatic heterocycles. The molecule has 0 saturated carbocycles. The molecule has 0 aliphatic heterocycles. The predicted octanol–water partition coefficient (Wildman–Crippen LogP) is 9.73. The van der Waals surface area contributed by atoms with E-state index < -0.39 is 19.9 Å². The molecule has 0 unspecified atom stereocenters. The number of benzene rings is 4. The molecule has 6 aromatic rings. The number of furan rings is 1. The van der Waals surface area contributed by atoms with Crippen molar-refractivity contribution >= 4 is 35.2 Å². The second kappa shape index (κ2) is 10.9. The van der Waals surface area contributed by atoms with Crippen molar-refractivity contribution in [1.29, 1.82) is 5.26 Å². The number of rotatable bonds is 5. The number of nitriles is 1. The van der Waals surface area contributed by atoms with Crippen molar-refractivity contribution in [3.8, 4) is 39.6 Å². The Bertz CT molecular complexity index is 2230. The summed E-state index contributed by atoms with van der Waals surface area (Å²) in [6.45, 7) is 14.7. The molecule has 0 bridgehead atoms. The highest BCUT2D eigenvalue weighted by Crippen LogP contribution is 2.42. The van der Waals surface area contributed by atoms with Gasteiger partial charge < -0.3 is 4.42 Å². The van der Waals surface area contributed by atoms with Crippen molar-refractivity contribution in [3.63, 3.8) is 0 Å². The largest absolute Gasteiger partial charge is 0.454 e. The topological polar surface area (TPSA) is 40.8 Å². The van der Waals surface area contributed by atoms with Crippen LogP contribution >= 0.6 is 0 Å². The van der Waals surface area contributed by atoms with Crippen molar-refractivity contribution in [2.24, 2.45) is 12.5 Å². The zero-order chi connectivity index (χ0) is 34.1. The molecule has 0 fully saturated rings. The van der Waals surface area contributed by atoms with Crippen LogP contribution in [0, 0.1) is 23.7 Å². The zero-order valence-electron chi connectivity index (χ0n) is 29.9. The smallest absolute Gasteiger partial charge is 0.216 e. The van der Waals surface area contributed by atoms with Gasteiger partial charge in [0.1, 0.15) is 19.6 Å². The van der Waals surface area contributed by atoms with Crippen LogP contribution in [0.15, 0.2) is 95.5 Å². The summed E-state index contributed by atoms with van der Waals surface area (Å²) in [5.74, 6) is 0.